The van der Waals surface area contributed by atoms with Crippen molar-refractivity contribution >= 4 is 17.1 Å². The Morgan fingerprint density at radius 1 is 1.27 bits per heavy atom. The summed E-state index contributed by atoms with van der Waals surface area (Å²) in [4.78, 5) is 1.03. The molecule has 0 aliphatic heterocycles. The first-order valence-electron chi connectivity index (χ1n) is 5.92. The standard InChI is InChI=1S/C13H26OS/c1-10(2)12(15)11(9-14)7-6-8-13(3,4)5/h10-11,14H,6-9H2,1-5H3/t11-/m1/s1. The number of aliphatic hydroxyl groups excluding tert-OH is 1. The molecule has 90 valence electrons. The third kappa shape index (κ3) is 7.02. The summed E-state index contributed by atoms with van der Waals surface area (Å²) >= 11 is 5.35. The van der Waals surface area contributed by atoms with Gasteiger partial charge in [-0.25, -0.2) is 0 Å². The summed E-state index contributed by atoms with van der Waals surface area (Å²) in [6.45, 7) is 11.2. The third-order valence-electron chi connectivity index (χ3n) is 2.67. The molecule has 0 fully saturated rings. The molecule has 0 saturated heterocycles. The lowest BCUT2D eigenvalue weighted by Crippen LogP contribution is -2.21. The molecular formula is C13H26OS. The molecule has 0 bridgehead atoms. The maximum Gasteiger partial charge on any atom is 0.0504 e. The van der Waals surface area contributed by atoms with Gasteiger partial charge in [0.2, 0.25) is 0 Å². The first kappa shape index (κ1) is 15.0. The quantitative estimate of drug-likeness (QED) is 0.700. The molecular weight excluding hydrogens is 204 g/mol. The van der Waals surface area contributed by atoms with E-state index in [9.17, 15) is 5.11 Å². The fourth-order valence-electron chi connectivity index (χ4n) is 1.67. The van der Waals surface area contributed by atoms with E-state index < -0.39 is 0 Å². The first-order chi connectivity index (χ1) is 6.78. The van der Waals surface area contributed by atoms with Gasteiger partial charge in [0.05, 0.1) is 6.61 Å². The Balaban J connectivity index is 3.97. The van der Waals surface area contributed by atoms with E-state index in [2.05, 4.69) is 34.6 Å². The average Bonchev–Trinajstić information content (AvgIpc) is 2.09. The second kappa shape index (κ2) is 6.59. The lowest BCUT2D eigenvalue weighted by atomic mass is 9.86. The van der Waals surface area contributed by atoms with E-state index in [0.717, 1.165) is 17.7 Å². The van der Waals surface area contributed by atoms with Gasteiger partial charge in [-0.1, -0.05) is 53.3 Å². The van der Waals surface area contributed by atoms with Crippen LogP contribution in [0.2, 0.25) is 0 Å². The van der Waals surface area contributed by atoms with Crippen LogP contribution in [0, 0.1) is 17.3 Å². The highest BCUT2D eigenvalue weighted by atomic mass is 32.1. The number of hydrogen-bond acceptors (Lipinski definition) is 2. The predicted molar refractivity (Wildman–Crippen MR) is 71.3 cm³/mol. The van der Waals surface area contributed by atoms with Crippen molar-refractivity contribution < 1.29 is 5.11 Å². The number of hydrogen-bond donors (Lipinski definition) is 1. The largest absolute Gasteiger partial charge is 0.396 e. The molecule has 0 aromatic rings. The van der Waals surface area contributed by atoms with Crippen LogP contribution in [0.3, 0.4) is 0 Å². The molecule has 0 amide bonds. The Kier molecular flexibility index (Phi) is 6.62. The van der Waals surface area contributed by atoms with Crippen molar-refractivity contribution in [3.63, 3.8) is 0 Å². The molecule has 0 unspecified atom stereocenters. The summed E-state index contributed by atoms with van der Waals surface area (Å²) in [5.74, 6) is 0.633. The van der Waals surface area contributed by atoms with Gasteiger partial charge in [-0.05, 0) is 24.2 Å². The molecule has 0 heterocycles. The van der Waals surface area contributed by atoms with E-state index in [1.165, 1.54) is 6.42 Å². The number of aliphatic hydroxyl groups is 1. The van der Waals surface area contributed by atoms with Crippen molar-refractivity contribution in [2.75, 3.05) is 6.61 Å². The maximum atomic E-state index is 9.29. The van der Waals surface area contributed by atoms with Gasteiger partial charge >= 0.3 is 0 Å². The van der Waals surface area contributed by atoms with Crippen LogP contribution in [0.5, 0.6) is 0 Å². The second-order valence-corrected chi connectivity index (χ2v) is 6.36. The summed E-state index contributed by atoms with van der Waals surface area (Å²) in [7, 11) is 0. The van der Waals surface area contributed by atoms with E-state index >= 15 is 0 Å². The Bertz CT molecular complexity index is 191. The van der Waals surface area contributed by atoms with Crippen LogP contribution in [0.4, 0.5) is 0 Å². The van der Waals surface area contributed by atoms with Crippen molar-refractivity contribution in [2.24, 2.45) is 17.3 Å². The number of thiocarbonyl (C=S) groups is 1. The minimum absolute atomic E-state index is 0.209. The van der Waals surface area contributed by atoms with Crippen LogP contribution in [0.25, 0.3) is 0 Å². The zero-order valence-corrected chi connectivity index (χ0v) is 11.7. The van der Waals surface area contributed by atoms with Gasteiger partial charge in [0.15, 0.2) is 0 Å². The van der Waals surface area contributed by atoms with Gasteiger partial charge < -0.3 is 5.11 Å². The Hall–Kier alpha value is 0.0500. The highest BCUT2D eigenvalue weighted by Crippen LogP contribution is 2.24. The molecule has 0 spiro atoms. The van der Waals surface area contributed by atoms with E-state index in [-0.39, 0.29) is 12.5 Å². The van der Waals surface area contributed by atoms with Gasteiger partial charge in [0.1, 0.15) is 0 Å². The fraction of sp³-hybridized carbons (Fsp3) is 0.923. The minimum Gasteiger partial charge on any atom is -0.396 e. The van der Waals surface area contributed by atoms with E-state index in [4.69, 9.17) is 12.2 Å². The number of rotatable bonds is 6. The summed E-state index contributed by atoms with van der Waals surface area (Å²) in [6.07, 6.45) is 3.39. The van der Waals surface area contributed by atoms with Crippen molar-refractivity contribution in [1.29, 1.82) is 0 Å². The normalized spacial score (nSPS) is 14.3. The van der Waals surface area contributed by atoms with Gasteiger partial charge in [0.25, 0.3) is 0 Å². The van der Waals surface area contributed by atoms with E-state index in [1.54, 1.807) is 0 Å². The van der Waals surface area contributed by atoms with Gasteiger partial charge in [-0.3, -0.25) is 0 Å². The molecule has 1 N–H and O–H groups in total. The summed E-state index contributed by atoms with van der Waals surface area (Å²) in [6, 6.07) is 0. The Morgan fingerprint density at radius 2 is 1.80 bits per heavy atom. The van der Waals surface area contributed by atoms with Crippen LogP contribution in [-0.4, -0.2) is 16.6 Å². The summed E-state index contributed by atoms with van der Waals surface area (Å²) in [5, 5.41) is 9.29. The highest BCUT2D eigenvalue weighted by molar-refractivity contribution is 7.80. The summed E-state index contributed by atoms with van der Waals surface area (Å²) in [5.41, 5.74) is 0.388. The molecule has 0 aromatic carbocycles. The van der Waals surface area contributed by atoms with Gasteiger partial charge in [-0.2, -0.15) is 0 Å². The molecule has 0 saturated carbocycles. The molecule has 0 aromatic heterocycles. The first-order valence-corrected chi connectivity index (χ1v) is 6.33. The summed E-state index contributed by atoms with van der Waals surface area (Å²) < 4.78 is 0. The maximum absolute atomic E-state index is 9.29. The third-order valence-corrected chi connectivity index (χ3v) is 3.48. The molecule has 2 heteroatoms. The van der Waals surface area contributed by atoms with Crippen LogP contribution in [-0.2, 0) is 0 Å². The molecule has 0 aliphatic carbocycles. The van der Waals surface area contributed by atoms with Crippen LogP contribution in [0.15, 0.2) is 0 Å². The van der Waals surface area contributed by atoms with Crippen LogP contribution in [0.1, 0.15) is 53.9 Å². The second-order valence-electron chi connectivity index (χ2n) is 5.89. The van der Waals surface area contributed by atoms with E-state index in [1.807, 2.05) is 0 Å². The Morgan fingerprint density at radius 3 is 2.13 bits per heavy atom. The van der Waals surface area contributed by atoms with Crippen molar-refractivity contribution in [2.45, 2.75) is 53.9 Å². The lowest BCUT2D eigenvalue weighted by Gasteiger charge is -2.22. The average molecular weight is 230 g/mol. The molecule has 0 radical (unpaired) electrons. The van der Waals surface area contributed by atoms with Crippen molar-refractivity contribution in [1.82, 2.24) is 0 Å². The fourth-order valence-corrected chi connectivity index (χ4v) is 1.87. The SMILES string of the molecule is CC(C)C(=S)[C@@H](CO)CCCC(C)(C)C. The molecule has 1 nitrogen and oxygen atoms in total. The molecule has 1 atom stereocenters. The Labute approximate surface area is 100 Å². The monoisotopic (exact) mass is 230 g/mol. The van der Waals surface area contributed by atoms with Gasteiger partial charge in [0, 0.05) is 10.8 Å². The predicted octanol–water partition coefficient (Wildman–Crippen LogP) is 3.84. The zero-order valence-electron chi connectivity index (χ0n) is 10.8. The lowest BCUT2D eigenvalue weighted by molar-refractivity contribution is 0.245. The zero-order chi connectivity index (χ0) is 12.1. The minimum atomic E-state index is 0.209. The van der Waals surface area contributed by atoms with Gasteiger partial charge in [-0.15, -0.1) is 0 Å². The van der Waals surface area contributed by atoms with Crippen LogP contribution >= 0.6 is 12.2 Å². The highest BCUT2D eigenvalue weighted by Gasteiger charge is 2.17. The molecule has 15 heavy (non-hydrogen) atoms. The molecule has 0 aliphatic rings. The molecule has 0 rings (SSSR count). The van der Waals surface area contributed by atoms with E-state index in [0.29, 0.717) is 11.3 Å². The topological polar surface area (TPSA) is 20.2 Å². The van der Waals surface area contributed by atoms with Crippen molar-refractivity contribution in [3.8, 4) is 0 Å². The van der Waals surface area contributed by atoms with Crippen molar-refractivity contribution in [3.05, 3.63) is 0 Å². The van der Waals surface area contributed by atoms with Crippen LogP contribution < -0.4 is 0 Å². The smallest absolute Gasteiger partial charge is 0.0504 e.